The molecule has 3 aliphatic rings. The van der Waals surface area contributed by atoms with Crippen LogP contribution in [0.4, 0.5) is 0 Å². The van der Waals surface area contributed by atoms with Crippen molar-refractivity contribution in [2.45, 2.75) is 52.8 Å². The number of rotatable bonds is 4. The van der Waals surface area contributed by atoms with Gasteiger partial charge in [-0.1, -0.05) is 25.5 Å². The Morgan fingerprint density at radius 1 is 1.38 bits per heavy atom. The monoisotopic (exact) mass is 238 g/mol. The van der Waals surface area contributed by atoms with Gasteiger partial charge in [0.05, 0.1) is 0 Å². The predicted molar refractivity (Wildman–Crippen MR) is 72.0 cm³/mol. The summed E-state index contributed by atoms with van der Waals surface area (Å²) in [5.41, 5.74) is 2.26. The molecule has 0 amide bonds. The molecule has 3 rings (SSSR count). The molecule has 0 aliphatic heterocycles. The van der Waals surface area contributed by atoms with E-state index in [0.717, 1.165) is 18.4 Å². The fourth-order valence-corrected chi connectivity index (χ4v) is 3.95. The molecule has 1 saturated carbocycles. The van der Waals surface area contributed by atoms with E-state index in [-0.39, 0.29) is 0 Å². The van der Waals surface area contributed by atoms with Gasteiger partial charge in [-0.2, -0.15) is 0 Å². The van der Waals surface area contributed by atoms with Crippen LogP contribution in [0.5, 0.6) is 0 Å². The highest BCUT2D eigenvalue weighted by atomic mass is 28.4. The normalized spacial score (nSPS) is 31.9. The highest BCUT2D eigenvalue weighted by Crippen LogP contribution is 2.59. The molecule has 0 spiro atoms. The number of fused-ring (bicyclic) bond motifs is 1. The summed E-state index contributed by atoms with van der Waals surface area (Å²) in [6.45, 7) is 12.6. The summed E-state index contributed by atoms with van der Waals surface area (Å²) < 4.78 is 5.96. The first kappa shape index (κ1) is 12.4. The van der Waals surface area contributed by atoms with E-state index in [1.165, 1.54) is 19.3 Å². The lowest BCUT2D eigenvalue weighted by molar-refractivity contribution is -0.00924. The van der Waals surface area contributed by atoms with Crippen molar-refractivity contribution in [1.82, 2.24) is 0 Å². The van der Waals surface area contributed by atoms with Gasteiger partial charge in [0.15, 0.2) is 8.32 Å². The van der Waals surface area contributed by atoms with Crippen molar-refractivity contribution in [3.05, 3.63) is 11.6 Å². The molecule has 0 N–H and O–H groups in total. The van der Waals surface area contributed by atoms with E-state index >= 15 is 0 Å². The van der Waals surface area contributed by atoms with Crippen molar-refractivity contribution in [3.63, 3.8) is 0 Å². The van der Waals surface area contributed by atoms with Gasteiger partial charge in [-0.15, -0.1) is 0 Å². The Morgan fingerprint density at radius 3 is 2.56 bits per heavy atom. The summed E-state index contributed by atoms with van der Waals surface area (Å²) in [4.78, 5) is 0. The lowest BCUT2D eigenvalue weighted by Crippen LogP contribution is -2.48. The summed E-state index contributed by atoms with van der Waals surface area (Å²) in [5.74, 6) is 1.82. The second-order valence-electron chi connectivity index (χ2n) is 7.03. The van der Waals surface area contributed by atoms with Gasteiger partial charge in [-0.3, -0.25) is 0 Å². The Hall–Kier alpha value is -0.0831. The largest absolute Gasteiger partial charge is 0.417 e. The molecule has 0 aromatic carbocycles. The minimum absolute atomic E-state index is 0.573. The Bertz CT molecular complexity index is 298. The predicted octanol–water partition coefficient (Wildman–Crippen LogP) is 4.22. The minimum atomic E-state index is -1.31. The standard InChI is InChI=1S/C14H26OSi/c1-14(2)12-7-6-11(13(14)10-12)8-9-15-16(3,4)5/h6,12-13H,7-10H2,1-5H3/t12-,13-/m0/s1. The summed E-state index contributed by atoms with van der Waals surface area (Å²) in [6, 6.07) is 0. The van der Waals surface area contributed by atoms with Crippen molar-refractivity contribution >= 4 is 8.32 Å². The molecule has 2 bridgehead atoms. The maximum absolute atomic E-state index is 5.96. The fourth-order valence-electron chi connectivity index (χ4n) is 3.23. The molecule has 2 atom stereocenters. The molecule has 16 heavy (non-hydrogen) atoms. The number of allylic oxidation sites excluding steroid dienone is 1. The second kappa shape index (κ2) is 3.99. The summed E-state index contributed by atoms with van der Waals surface area (Å²) in [7, 11) is -1.31. The Morgan fingerprint density at radius 2 is 2.06 bits per heavy atom. The summed E-state index contributed by atoms with van der Waals surface area (Å²) in [6.07, 6.45) is 6.42. The van der Waals surface area contributed by atoms with Gasteiger partial charge in [0.2, 0.25) is 0 Å². The van der Waals surface area contributed by atoms with Crippen LogP contribution in [0.25, 0.3) is 0 Å². The second-order valence-corrected chi connectivity index (χ2v) is 11.5. The van der Waals surface area contributed by atoms with Crippen molar-refractivity contribution in [2.75, 3.05) is 6.61 Å². The van der Waals surface area contributed by atoms with Crippen molar-refractivity contribution in [1.29, 1.82) is 0 Å². The molecule has 3 aliphatic carbocycles. The van der Waals surface area contributed by atoms with Crippen LogP contribution in [0.15, 0.2) is 11.6 Å². The number of hydrogen-bond acceptors (Lipinski definition) is 1. The highest BCUT2D eigenvalue weighted by Gasteiger charge is 2.50. The Balaban J connectivity index is 1.85. The third-order valence-corrected chi connectivity index (χ3v) is 5.58. The van der Waals surface area contributed by atoms with E-state index in [1.807, 2.05) is 0 Å². The summed E-state index contributed by atoms with van der Waals surface area (Å²) >= 11 is 0. The van der Waals surface area contributed by atoms with Crippen LogP contribution >= 0.6 is 0 Å². The van der Waals surface area contributed by atoms with Crippen LogP contribution in [0.2, 0.25) is 19.6 Å². The van der Waals surface area contributed by atoms with Crippen LogP contribution in [0, 0.1) is 17.3 Å². The molecular formula is C14H26OSi. The van der Waals surface area contributed by atoms with E-state index < -0.39 is 8.32 Å². The Labute approximate surface area is 101 Å². The van der Waals surface area contributed by atoms with Crippen LogP contribution in [0.1, 0.15) is 33.1 Å². The molecule has 0 aromatic rings. The van der Waals surface area contributed by atoms with Gasteiger partial charge >= 0.3 is 0 Å². The SMILES string of the molecule is CC1(C)[C@H]2CC=C(CCO[Si](C)(C)C)[C@@H]1C2. The molecule has 2 heteroatoms. The van der Waals surface area contributed by atoms with Crippen LogP contribution in [0.3, 0.4) is 0 Å². The zero-order chi connectivity index (χ0) is 12.0. The lowest BCUT2D eigenvalue weighted by Gasteiger charge is -2.56. The zero-order valence-electron chi connectivity index (χ0n) is 11.5. The topological polar surface area (TPSA) is 9.23 Å². The molecule has 1 nitrogen and oxygen atoms in total. The number of hydrogen-bond donors (Lipinski definition) is 0. The molecule has 0 heterocycles. The third-order valence-electron chi connectivity index (χ3n) is 4.51. The Kier molecular flexibility index (Phi) is 3.08. The van der Waals surface area contributed by atoms with Gasteiger partial charge < -0.3 is 4.43 Å². The van der Waals surface area contributed by atoms with Crippen LogP contribution < -0.4 is 0 Å². The lowest BCUT2D eigenvalue weighted by atomic mass is 9.48. The van der Waals surface area contributed by atoms with E-state index in [1.54, 1.807) is 5.57 Å². The van der Waals surface area contributed by atoms with E-state index in [4.69, 9.17) is 4.43 Å². The van der Waals surface area contributed by atoms with Crippen molar-refractivity contribution < 1.29 is 4.43 Å². The molecule has 0 aromatic heterocycles. The zero-order valence-corrected chi connectivity index (χ0v) is 12.5. The van der Waals surface area contributed by atoms with Gasteiger partial charge in [0.1, 0.15) is 0 Å². The van der Waals surface area contributed by atoms with E-state index in [9.17, 15) is 0 Å². The summed E-state index contributed by atoms with van der Waals surface area (Å²) in [5, 5.41) is 0. The molecule has 0 unspecified atom stereocenters. The van der Waals surface area contributed by atoms with Crippen molar-refractivity contribution in [2.24, 2.45) is 17.3 Å². The smallest absolute Gasteiger partial charge is 0.183 e. The highest BCUT2D eigenvalue weighted by molar-refractivity contribution is 6.69. The maximum atomic E-state index is 5.96. The van der Waals surface area contributed by atoms with Gasteiger partial charge in [0, 0.05) is 6.61 Å². The van der Waals surface area contributed by atoms with Crippen molar-refractivity contribution in [3.8, 4) is 0 Å². The molecular weight excluding hydrogens is 212 g/mol. The van der Waals surface area contributed by atoms with Crippen LogP contribution in [-0.4, -0.2) is 14.9 Å². The minimum Gasteiger partial charge on any atom is -0.417 e. The maximum Gasteiger partial charge on any atom is 0.183 e. The first-order valence-electron chi connectivity index (χ1n) is 6.63. The van der Waals surface area contributed by atoms with Gasteiger partial charge in [-0.25, -0.2) is 0 Å². The molecule has 0 radical (unpaired) electrons. The molecule has 0 saturated heterocycles. The van der Waals surface area contributed by atoms with Gasteiger partial charge in [0.25, 0.3) is 0 Å². The average Bonchev–Trinajstić information content (AvgIpc) is 2.15. The molecule has 92 valence electrons. The first-order valence-corrected chi connectivity index (χ1v) is 10.0. The van der Waals surface area contributed by atoms with E-state index in [0.29, 0.717) is 5.41 Å². The molecule has 1 fully saturated rings. The van der Waals surface area contributed by atoms with Crippen LogP contribution in [-0.2, 0) is 4.43 Å². The fraction of sp³-hybridized carbons (Fsp3) is 0.857. The van der Waals surface area contributed by atoms with Gasteiger partial charge in [-0.05, 0) is 56.2 Å². The third kappa shape index (κ3) is 2.28. The first-order chi connectivity index (χ1) is 7.31. The quantitative estimate of drug-likeness (QED) is 0.526. The average molecular weight is 238 g/mol. The van der Waals surface area contributed by atoms with E-state index in [2.05, 4.69) is 39.6 Å².